The monoisotopic (exact) mass is 714 g/mol. The van der Waals surface area contributed by atoms with Crippen LogP contribution in [-0.4, -0.2) is 70.1 Å². The second kappa shape index (κ2) is 20.1. The van der Waals surface area contributed by atoms with E-state index in [0.29, 0.717) is 6.42 Å². The molecule has 0 fully saturated rings. The van der Waals surface area contributed by atoms with E-state index in [9.17, 15) is 34.2 Å². The minimum atomic E-state index is -1.38. The van der Waals surface area contributed by atoms with Crippen LogP contribution >= 0.6 is 0 Å². The largest absolute Gasteiger partial charge is 0.480 e. The Kier molecular flexibility index (Phi) is 16.0. The number of hydrogen-bond donors (Lipinski definition) is 6. The topological polar surface area (TPSA) is 174 Å². The molecule has 6 atom stereocenters. The highest BCUT2D eigenvalue weighted by molar-refractivity contribution is 5.93. The maximum Gasteiger partial charge on any atom is 0.326 e. The highest BCUT2D eigenvalue weighted by Gasteiger charge is 2.35. The summed E-state index contributed by atoms with van der Waals surface area (Å²) in [5.41, 5.74) is 2.34. The summed E-state index contributed by atoms with van der Waals surface area (Å²) in [5.74, 6) is -5.06. The fourth-order valence-corrected chi connectivity index (χ4v) is 6.00. The first-order valence-corrected chi connectivity index (χ1v) is 18.0. The summed E-state index contributed by atoms with van der Waals surface area (Å²) in [6.07, 6.45) is -1.13. The van der Waals surface area contributed by atoms with Crippen molar-refractivity contribution in [2.75, 3.05) is 0 Å². The molecule has 0 spiro atoms. The molecule has 280 valence electrons. The van der Waals surface area contributed by atoms with Gasteiger partial charge in [0.1, 0.15) is 18.1 Å². The number of carbonyl (C=O) groups is 5. The van der Waals surface area contributed by atoms with Crippen LogP contribution in [0.3, 0.4) is 0 Å². The van der Waals surface area contributed by atoms with Crippen LogP contribution in [0.5, 0.6) is 0 Å². The van der Waals surface area contributed by atoms with E-state index in [0.717, 1.165) is 16.7 Å². The number of rotatable bonds is 19. The lowest BCUT2D eigenvalue weighted by atomic mass is 9.89. The van der Waals surface area contributed by atoms with Gasteiger partial charge in [0.2, 0.25) is 23.6 Å². The Labute approximate surface area is 307 Å². The van der Waals surface area contributed by atoms with Gasteiger partial charge in [-0.05, 0) is 40.9 Å². The quantitative estimate of drug-likeness (QED) is 0.108. The zero-order valence-electron chi connectivity index (χ0n) is 30.9. The fraction of sp³-hybridized carbons (Fsp3) is 0.439. The third-order valence-corrected chi connectivity index (χ3v) is 9.30. The molecule has 0 aliphatic rings. The summed E-state index contributed by atoms with van der Waals surface area (Å²) in [5, 5.41) is 32.1. The van der Waals surface area contributed by atoms with Crippen LogP contribution in [-0.2, 0) is 30.4 Å². The van der Waals surface area contributed by atoms with Crippen molar-refractivity contribution < 1.29 is 34.2 Å². The average Bonchev–Trinajstić information content (AvgIpc) is 3.12. The van der Waals surface area contributed by atoms with Gasteiger partial charge in [-0.2, -0.15) is 0 Å². The summed E-state index contributed by atoms with van der Waals surface area (Å²) < 4.78 is 0. The smallest absolute Gasteiger partial charge is 0.326 e. The molecule has 2 unspecified atom stereocenters. The number of hydrogen-bond acceptors (Lipinski definition) is 6. The van der Waals surface area contributed by atoms with Crippen molar-refractivity contribution in [3.8, 4) is 0 Å². The van der Waals surface area contributed by atoms with E-state index in [1.54, 1.807) is 20.8 Å². The van der Waals surface area contributed by atoms with Gasteiger partial charge in [0.15, 0.2) is 0 Å². The van der Waals surface area contributed by atoms with Gasteiger partial charge in [0.25, 0.3) is 0 Å². The lowest BCUT2D eigenvalue weighted by Gasteiger charge is -2.30. The SMILES string of the molecule is CC[C@H](C)[C@H](NC(=O)C[C@H](O)[C@H](Cc1ccccc1)NC(=O)C(NC(=O)C(c1ccccc1)c1ccccc1)C(C)C)C(=O)NC(C(=O)O)C(C)C. The van der Waals surface area contributed by atoms with Crippen molar-refractivity contribution in [1.29, 1.82) is 0 Å². The molecule has 11 heteroatoms. The molecule has 11 nitrogen and oxygen atoms in total. The highest BCUT2D eigenvalue weighted by atomic mass is 16.4. The van der Waals surface area contributed by atoms with E-state index in [-0.39, 0.29) is 30.1 Å². The Bertz CT molecular complexity index is 1560. The zero-order valence-corrected chi connectivity index (χ0v) is 30.9. The third kappa shape index (κ3) is 12.0. The number of benzene rings is 3. The number of carboxylic acid groups (broad SMARTS) is 1. The molecule has 0 aromatic heterocycles. The molecule has 6 N–H and O–H groups in total. The van der Waals surface area contributed by atoms with Crippen LogP contribution < -0.4 is 21.3 Å². The molecule has 0 saturated carbocycles. The summed E-state index contributed by atoms with van der Waals surface area (Å²) in [7, 11) is 0. The number of amides is 4. The molecule has 52 heavy (non-hydrogen) atoms. The number of nitrogens with one attached hydrogen (secondary N) is 4. The van der Waals surface area contributed by atoms with Crippen LogP contribution in [0.15, 0.2) is 91.0 Å². The number of aliphatic carboxylic acids is 1. The van der Waals surface area contributed by atoms with E-state index in [4.69, 9.17) is 0 Å². The van der Waals surface area contributed by atoms with Crippen molar-refractivity contribution in [2.45, 2.75) is 97.0 Å². The van der Waals surface area contributed by atoms with E-state index >= 15 is 0 Å². The summed E-state index contributed by atoms with van der Waals surface area (Å²) in [6, 6.07) is 23.7. The molecule has 3 aromatic carbocycles. The molecule has 4 amide bonds. The number of aliphatic hydroxyl groups excluding tert-OH is 1. The minimum absolute atomic E-state index is 0.181. The van der Waals surface area contributed by atoms with Gasteiger partial charge in [0.05, 0.1) is 24.5 Å². The van der Waals surface area contributed by atoms with E-state index in [2.05, 4.69) is 21.3 Å². The van der Waals surface area contributed by atoms with E-state index in [1.165, 1.54) is 0 Å². The number of carbonyl (C=O) groups excluding carboxylic acids is 4. The Hall–Kier alpha value is -5.03. The van der Waals surface area contributed by atoms with Crippen LogP contribution in [0.25, 0.3) is 0 Å². The standard InChI is InChI=1S/C41H54N4O7/c1-7-27(6)37(40(50)45-36(26(4)5)41(51)52)43-33(47)24-32(46)31(23-28-17-11-8-12-18-28)42-39(49)35(25(2)3)44-38(48)34(29-19-13-9-14-20-29)30-21-15-10-16-22-30/h8-22,25-27,31-32,34-37,46H,7,23-24H2,1-6H3,(H,42,49)(H,43,47)(H,44,48)(H,45,50)(H,51,52)/t27-,31-,32-,35?,36?,37-/m0/s1. The van der Waals surface area contributed by atoms with Gasteiger partial charge >= 0.3 is 5.97 Å². The Morgan fingerprint density at radius 3 is 1.52 bits per heavy atom. The van der Waals surface area contributed by atoms with E-state index < -0.39 is 66.3 Å². The van der Waals surface area contributed by atoms with Crippen molar-refractivity contribution in [3.63, 3.8) is 0 Å². The number of carboxylic acids is 1. The fourth-order valence-electron chi connectivity index (χ4n) is 6.00. The first-order chi connectivity index (χ1) is 24.7. The minimum Gasteiger partial charge on any atom is -0.480 e. The first-order valence-electron chi connectivity index (χ1n) is 18.0. The Morgan fingerprint density at radius 1 is 0.596 bits per heavy atom. The summed E-state index contributed by atoms with van der Waals surface area (Å²) in [6.45, 7) is 10.6. The average molecular weight is 715 g/mol. The Balaban J connectivity index is 1.82. The Morgan fingerprint density at radius 2 is 1.06 bits per heavy atom. The van der Waals surface area contributed by atoms with Gasteiger partial charge in [0, 0.05) is 0 Å². The molecular weight excluding hydrogens is 660 g/mol. The van der Waals surface area contributed by atoms with Crippen LogP contribution in [0.4, 0.5) is 0 Å². The van der Waals surface area contributed by atoms with Crippen molar-refractivity contribution >= 4 is 29.6 Å². The summed E-state index contributed by atoms with van der Waals surface area (Å²) in [4.78, 5) is 66.3. The second-order valence-electron chi connectivity index (χ2n) is 14.1. The number of aliphatic hydroxyl groups is 1. The lowest BCUT2D eigenvalue weighted by Crippen LogP contribution is -2.57. The van der Waals surface area contributed by atoms with Crippen LogP contribution in [0.2, 0.25) is 0 Å². The predicted octanol–water partition coefficient (Wildman–Crippen LogP) is 4.19. The van der Waals surface area contributed by atoms with Crippen LogP contribution in [0.1, 0.15) is 77.0 Å². The lowest BCUT2D eigenvalue weighted by molar-refractivity contribution is -0.143. The van der Waals surface area contributed by atoms with Gasteiger partial charge in [-0.3, -0.25) is 19.2 Å². The maximum absolute atomic E-state index is 14.0. The van der Waals surface area contributed by atoms with Gasteiger partial charge in [-0.1, -0.05) is 139 Å². The maximum atomic E-state index is 14.0. The molecular formula is C41H54N4O7. The third-order valence-electron chi connectivity index (χ3n) is 9.30. The van der Waals surface area contributed by atoms with Gasteiger partial charge < -0.3 is 31.5 Å². The van der Waals surface area contributed by atoms with Crippen molar-refractivity contribution in [3.05, 3.63) is 108 Å². The molecule has 3 aromatic rings. The molecule has 0 aliphatic heterocycles. The predicted molar refractivity (Wildman–Crippen MR) is 200 cm³/mol. The summed E-state index contributed by atoms with van der Waals surface area (Å²) >= 11 is 0. The molecule has 0 aliphatic carbocycles. The van der Waals surface area contributed by atoms with Crippen molar-refractivity contribution in [2.24, 2.45) is 17.8 Å². The van der Waals surface area contributed by atoms with Gasteiger partial charge in [-0.25, -0.2) is 4.79 Å². The van der Waals surface area contributed by atoms with Crippen LogP contribution in [0, 0.1) is 17.8 Å². The van der Waals surface area contributed by atoms with Crippen molar-refractivity contribution in [1.82, 2.24) is 21.3 Å². The molecule has 0 radical (unpaired) electrons. The molecule has 0 heterocycles. The van der Waals surface area contributed by atoms with E-state index in [1.807, 2.05) is 112 Å². The van der Waals surface area contributed by atoms with Gasteiger partial charge in [-0.15, -0.1) is 0 Å². The second-order valence-corrected chi connectivity index (χ2v) is 14.1. The normalized spacial score (nSPS) is 14.8. The molecule has 0 saturated heterocycles. The molecule has 3 rings (SSSR count). The highest BCUT2D eigenvalue weighted by Crippen LogP contribution is 2.25. The first kappa shape index (κ1) is 41.4. The zero-order chi connectivity index (χ0) is 38.4. The molecule has 0 bridgehead atoms.